The van der Waals surface area contributed by atoms with Gasteiger partial charge >= 0.3 is 0 Å². The minimum absolute atomic E-state index is 0.0185. The number of halogens is 1. The predicted molar refractivity (Wildman–Crippen MR) is 62.9 cm³/mol. The molecule has 0 unspecified atom stereocenters. The van der Waals surface area contributed by atoms with Gasteiger partial charge in [-0.25, -0.2) is 9.97 Å². The van der Waals surface area contributed by atoms with E-state index in [9.17, 15) is 0 Å². The molecule has 1 aromatic rings. The number of aliphatic hydroxyl groups is 1. The van der Waals surface area contributed by atoms with E-state index in [1.54, 1.807) is 12.3 Å². The van der Waals surface area contributed by atoms with E-state index in [0.29, 0.717) is 5.28 Å². The fourth-order valence-electron chi connectivity index (χ4n) is 0.631. The molecule has 80 valence electrons. The van der Waals surface area contributed by atoms with Gasteiger partial charge in [0, 0.05) is 18.3 Å². The first-order valence-corrected chi connectivity index (χ1v) is 4.56. The maximum Gasteiger partial charge on any atom is 0.222 e. The van der Waals surface area contributed by atoms with Gasteiger partial charge in [-0.2, -0.15) is 0 Å². The summed E-state index contributed by atoms with van der Waals surface area (Å²) in [6.07, 6.45) is 5.43. The van der Waals surface area contributed by atoms with Gasteiger partial charge in [-0.3, -0.25) is 0 Å². The van der Waals surface area contributed by atoms with Crippen molar-refractivity contribution in [1.29, 1.82) is 0 Å². The van der Waals surface area contributed by atoms with E-state index >= 15 is 0 Å². The largest absolute Gasteiger partial charge is 0.509 e. The van der Waals surface area contributed by atoms with E-state index in [0.717, 1.165) is 12.1 Å². The van der Waals surface area contributed by atoms with Gasteiger partial charge < -0.3 is 5.11 Å². The van der Waals surface area contributed by atoms with Crippen LogP contribution in [-0.2, 0) is 6.42 Å². The zero-order chi connectivity index (χ0) is 11.7. The number of hydrogen-bond acceptors (Lipinski definition) is 3. The van der Waals surface area contributed by atoms with E-state index in [2.05, 4.69) is 29.7 Å². The summed E-state index contributed by atoms with van der Waals surface area (Å²) >= 11 is 5.52. The van der Waals surface area contributed by atoms with Gasteiger partial charge in [0.2, 0.25) is 5.28 Å². The summed E-state index contributed by atoms with van der Waals surface area (Å²) in [6, 6.07) is 1.81. The fraction of sp³-hybridized carbons (Fsp3) is 0.0909. The molecule has 0 aliphatic heterocycles. The second-order valence-electron chi connectivity index (χ2n) is 2.51. The number of aromatic nitrogens is 2. The zero-order valence-electron chi connectivity index (χ0n) is 8.36. The molecule has 1 N–H and O–H groups in total. The van der Waals surface area contributed by atoms with Crippen molar-refractivity contribution in [3.8, 4) is 0 Å². The molecule has 0 amide bonds. The van der Waals surface area contributed by atoms with Gasteiger partial charge in [0.25, 0.3) is 0 Å². The first kappa shape index (κ1) is 13.4. The van der Waals surface area contributed by atoms with Crippen molar-refractivity contribution in [2.45, 2.75) is 6.42 Å². The van der Waals surface area contributed by atoms with Crippen LogP contribution in [0.2, 0.25) is 5.28 Å². The van der Waals surface area contributed by atoms with Crippen LogP contribution in [0.3, 0.4) is 0 Å². The van der Waals surface area contributed by atoms with Crippen molar-refractivity contribution in [3.63, 3.8) is 0 Å². The summed E-state index contributed by atoms with van der Waals surface area (Å²) in [5.74, 6) is 0.0185. The van der Waals surface area contributed by atoms with Crippen LogP contribution < -0.4 is 0 Å². The summed E-state index contributed by atoms with van der Waals surface area (Å²) in [7, 11) is 0. The van der Waals surface area contributed by atoms with Gasteiger partial charge in [0.05, 0.1) is 0 Å². The fourth-order valence-corrected chi connectivity index (χ4v) is 0.796. The van der Waals surface area contributed by atoms with E-state index in [1.165, 1.54) is 6.08 Å². The third-order valence-corrected chi connectivity index (χ3v) is 1.46. The second-order valence-corrected chi connectivity index (χ2v) is 2.84. The molecule has 0 aromatic carbocycles. The van der Waals surface area contributed by atoms with Crippen LogP contribution in [0.15, 0.2) is 49.9 Å². The summed E-state index contributed by atoms with van der Waals surface area (Å²) in [5, 5.41) is 8.34. The summed E-state index contributed by atoms with van der Waals surface area (Å²) in [5.41, 5.74) is 0.898. The van der Waals surface area contributed by atoms with Gasteiger partial charge in [0.15, 0.2) is 0 Å². The summed E-state index contributed by atoms with van der Waals surface area (Å²) in [4.78, 5) is 7.69. The van der Waals surface area contributed by atoms with Crippen LogP contribution in [0.5, 0.6) is 0 Å². The Morgan fingerprint density at radius 3 is 2.53 bits per heavy atom. The molecule has 15 heavy (non-hydrogen) atoms. The molecule has 0 saturated carbocycles. The van der Waals surface area contributed by atoms with Crippen molar-refractivity contribution < 1.29 is 5.11 Å². The SMILES string of the molecule is C=CC(=C)O.C=CCc1ccnc(Cl)n1. The molecule has 3 nitrogen and oxygen atoms in total. The van der Waals surface area contributed by atoms with Crippen LogP contribution in [0, 0.1) is 0 Å². The smallest absolute Gasteiger partial charge is 0.222 e. The Labute approximate surface area is 94.5 Å². The molecule has 0 bridgehead atoms. The van der Waals surface area contributed by atoms with Crippen molar-refractivity contribution in [3.05, 3.63) is 60.9 Å². The van der Waals surface area contributed by atoms with Crippen LogP contribution in [0.1, 0.15) is 5.69 Å². The Bertz CT molecular complexity index is 350. The monoisotopic (exact) mass is 224 g/mol. The highest BCUT2D eigenvalue weighted by atomic mass is 35.5. The number of hydrogen-bond donors (Lipinski definition) is 1. The topological polar surface area (TPSA) is 46.0 Å². The quantitative estimate of drug-likeness (QED) is 0.371. The number of aliphatic hydroxyl groups excluding tert-OH is 1. The van der Waals surface area contributed by atoms with Crippen LogP contribution in [0.25, 0.3) is 0 Å². The first-order valence-electron chi connectivity index (χ1n) is 4.18. The Hall–Kier alpha value is -1.61. The summed E-state index contributed by atoms with van der Waals surface area (Å²) in [6.45, 7) is 9.90. The molecule has 0 aliphatic rings. The molecule has 0 spiro atoms. The van der Waals surface area contributed by atoms with Crippen molar-refractivity contribution in [2.24, 2.45) is 0 Å². The average Bonchev–Trinajstić information content (AvgIpc) is 2.19. The Kier molecular flexibility index (Phi) is 6.93. The van der Waals surface area contributed by atoms with Gasteiger partial charge in [-0.05, 0) is 23.7 Å². The number of nitrogens with zero attached hydrogens (tertiary/aromatic N) is 2. The minimum Gasteiger partial charge on any atom is -0.509 e. The molecule has 1 aromatic heterocycles. The zero-order valence-corrected chi connectivity index (χ0v) is 9.11. The lowest BCUT2D eigenvalue weighted by molar-refractivity contribution is 0.435. The van der Waals surface area contributed by atoms with Gasteiger partial charge in [-0.1, -0.05) is 19.2 Å². The second kappa shape index (κ2) is 7.76. The van der Waals surface area contributed by atoms with E-state index < -0.39 is 0 Å². The normalized spacial score (nSPS) is 8.33. The maximum atomic E-state index is 8.05. The molecular formula is C11H13ClN2O. The molecule has 1 heterocycles. The van der Waals surface area contributed by atoms with Crippen LogP contribution in [0.4, 0.5) is 0 Å². The molecule has 0 aliphatic carbocycles. The average molecular weight is 225 g/mol. The Morgan fingerprint density at radius 2 is 2.13 bits per heavy atom. The third-order valence-electron chi connectivity index (χ3n) is 1.27. The van der Waals surface area contributed by atoms with E-state index in [4.69, 9.17) is 16.7 Å². The van der Waals surface area contributed by atoms with E-state index in [-0.39, 0.29) is 5.76 Å². The van der Waals surface area contributed by atoms with Crippen molar-refractivity contribution >= 4 is 11.6 Å². The Morgan fingerprint density at radius 1 is 1.53 bits per heavy atom. The number of allylic oxidation sites excluding steroid dienone is 2. The van der Waals surface area contributed by atoms with Gasteiger partial charge in [-0.15, -0.1) is 6.58 Å². The molecule has 0 fully saturated rings. The van der Waals surface area contributed by atoms with Crippen LogP contribution in [-0.4, -0.2) is 15.1 Å². The van der Waals surface area contributed by atoms with Crippen LogP contribution >= 0.6 is 11.6 Å². The predicted octanol–water partition coefficient (Wildman–Crippen LogP) is 3.10. The molecular weight excluding hydrogens is 212 g/mol. The highest BCUT2D eigenvalue weighted by molar-refractivity contribution is 6.28. The molecule has 0 atom stereocenters. The van der Waals surface area contributed by atoms with Crippen molar-refractivity contribution in [1.82, 2.24) is 9.97 Å². The minimum atomic E-state index is 0.0185. The standard InChI is InChI=1S/C7H7ClN2.C4H6O/c1-2-3-6-4-5-9-7(8)10-6;1-3-4(2)5/h2,4-5H,1,3H2;3,5H,1-2H2. The molecule has 0 radical (unpaired) electrons. The lowest BCUT2D eigenvalue weighted by Gasteiger charge is -1.92. The van der Waals surface area contributed by atoms with Gasteiger partial charge in [0.1, 0.15) is 5.76 Å². The van der Waals surface area contributed by atoms with E-state index in [1.807, 2.05) is 6.07 Å². The summed E-state index contributed by atoms with van der Waals surface area (Å²) < 4.78 is 0. The number of rotatable bonds is 3. The molecule has 0 saturated heterocycles. The Balaban J connectivity index is 0.000000336. The lowest BCUT2D eigenvalue weighted by atomic mass is 10.3. The van der Waals surface area contributed by atoms with Crippen molar-refractivity contribution in [2.75, 3.05) is 0 Å². The highest BCUT2D eigenvalue weighted by Crippen LogP contribution is 2.01. The molecule has 1 rings (SSSR count). The highest BCUT2D eigenvalue weighted by Gasteiger charge is 1.91. The lowest BCUT2D eigenvalue weighted by Crippen LogP contribution is -1.88. The maximum absolute atomic E-state index is 8.05. The molecule has 4 heteroatoms. The first-order chi connectivity index (χ1) is 7.10. The third kappa shape index (κ3) is 7.46.